The number of amides is 1. The Kier molecular flexibility index (Phi) is 7.48. The molecule has 3 aromatic rings. The maximum absolute atomic E-state index is 12.7. The van der Waals surface area contributed by atoms with Crippen LogP contribution in [0.5, 0.6) is 5.75 Å². The molecule has 0 bridgehead atoms. The van der Waals surface area contributed by atoms with Gasteiger partial charge in [-0.15, -0.1) is 0 Å². The molecule has 0 unspecified atom stereocenters. The Labute approximate surface area is 199 Å². The summed E-state index contributed by atoms with van der Waals surface area (Å²) in [6.45, 7) is 4.00. The van der Waals surface area contributed by atoms with Crippen LogP contribution in [0.15, 0.2) is 71.6 Å². The first kappa shape index (κ1) is 25.1. The van der Waals surface area contributed by atoms with Gasteiger partial charge >= 0.3 is 0 Å². The molecule has 0 aliphatic rings. The standard InChI is InChI=1S/C23H25N3O6S2/c1-4-32-19-12-8-18(9-13-19)25-34(30,31)20-14-10-17(11-15-20)24-23(27)21-6-5-7-22(16(21)2)26-33(3,28)29/h5-15,25-26H,4H2,1-3H3,(H,24,27). The van der Waals surface area contributed by atoms with Crippen molar-refractivity contribution in [2.75, 3.05) is 27.6 Å². The molecule has 180 valence electrons. The number of ether oxygens (including phenoxy) is 1. The van der Waals surface area contributed by atoms with Gasteiger partial charge in [-0.1, -0.05) is 6.07 Å². The fourth-order valence-electron chi connectivity index (χ4n) is 3.11. The van der Waals surface area contributed by atoms with E-state index in [-0.39, 0.29) is 10.5 Å². The predicted molar refractivity (Wildman–Crippen MR) is 132 cm³/mol. The molecular formula is C23H25N3O6S2. The van der Waals surface area contributed by atoms with Crippen LogP contribution in [0.2, 0.25) is 0 Å². The largest absolute Gasteiger partial charge is 0.494 e. The number of carbonyl (C=O) groups excluding carboxylic acids is 1. The lowest BCUT2D eigenvalue weighted by Crippen LogP contribution is -2.16. The van der Waals surface area contributed by atoms with E-state index in [1.165, 1.54) is 24.3 Å². The van der Waals surface area contributed by atoms with E-state index in [4.69, 9.17) is 4.74 Å². The average Bonchev–Trinajstić information content (AvgIpc) is 2.76. The highest BCUT2D eigenvalue weighted by Crippen LogP contribution is 2.23. The van der Waals surface area contributed by atoms with Gasteiger partial charge in [0.15, 0.2) is 0 Å². The normalized spacial score (nSPS) is 11.5. The van der Waals surface area contributed by atoms with Crippen molar-refractivity contribution in [2.45, 2.75) is 18.7 Å². The molecule has 0 saturated heterocycles. The molecule has 3 N–H and O–H groups in total. The van der Waals surface area contributed by atoms with Crippen molar-refractivity contribution < 1.29 is 26.4 Å². The zero-order valence-corrected chi connectivity index (χ0v) is 20.5. The van der Waals surface area contributed by atoms with Crippen LogP contribution in [0, 0.1) is 6.92 Å². The molecule has 0 radical (unpaired) electrons. The van der Waals surface area contributed by atoms with Crippen LogP contribution < -0.4 is 19.5 Å². The van der Waals surface area contributed by atoms with Gasteiger partial charge < -0.3 is 10.1 Å². The summed E-state index contributed by atoms with van der Waals surface area (Å²) in [5, 5.41) is 2.69. The number of rotatable bonds is 9. The van der Waals surface area contributed by atoms with Gasteiger partial charge in [-0.3, -0.25) is 14.2 Å². The van der Waals surface area contributed by atoms with E-state index >= 15 is 0 Å². The summed E-state index contributed by atoms with van der Waals surface area (Å²) in [7, 11) is -7.33. The Hall–Kier alpha value is -3.57. The number of nitrogens with one attached hydrogen (secondary N) is 3. The first-order valence-corrected chi connectivity index (χ1v) is 13.6. The van der Waals surface area contributed by atoms with E-state index in [0.29, 0.717) is 35.0 Å². The SMILES string of the molecule is CCOc1ccc(NS(=O)(=O)c2ccc(NC(=O)c3cccc(NS(C)(=O)=O)c3C)cc2)cc1. The minimum Gasteiger partial charge on any atom is -0.494 e. The van der Waals surface area contributed by atoms with Crippen molar-refractivity contribution in [3.8, 4) is 5.75 Å². The maximum atomic E-state index is 12.7. The second-order valence-electron chi connectivity index (χ2n) is 7.39. The van der Waals surface area contributed by atoms with E-state index in [0.717, 1.165) is 6.26 Å². The fourth-order valence-corrected chi connectivity index (χ4v) is 4.79. The first-order valence-electron chi connectivity index (χ1n) is 10.2. The third kappa shape index (κ3) is 6.49. The third-order valence-corrected chi connectivity index (χ3v) is 6.70. The molecule has 0 saturated carbocycles. The molecule has 1 amide bonds. The highest BCUT2D eigenvalue weighted by molar-refractivity contribution is 7.92. The first-order chi connectivity index (χ1) is 16.0. The van der Waals surface area contributed by atoms with E-state index in [9.17, 15) is 21.6 Å². The van der Waals surface area contributed by atoms with E-state index in [1.807, 2.05) is 6.92 Å². The van der Waals surface area contributed by atoms with Crippen LogP contribution in [-0.4, -0.2) is 35.6 Å². The quantitative estimate of drug-likeness (QED) is 0.407. The maximum Gasteiger partial charge on any atom is 0.261 e. The summed E-state index contributed by atoms with van der Waals surface area (Å²) >= 11 is 0. The highest BCUT2D eigenvalue weighted by atomic mass is 32.2. The Morgan fingerprint density at radius 2 is 1.47 bits per heavy atom. The van der Waals surface area contributed by atoms with E-state index in [2.05, 4.69) is 14.8 Å². The van der Waals surface area contributed by atoms with E-state index < -0.39 is 26.0 Å². The van der Waals surface area contributed by atoms with Crippen molar-refractivity contribution in [3.63, 3.8) is 0 Å². The second kappa shape index (κ2) is 10.1. The molecule has 0 aliphatic carbocycles. The number of anilines is 3. The summed E-state index contributed by atoms with van der Waals surface area (Å²) < 4.78 is 58.6. The van der Waals surface area contributed by atoms with Gasteiger partial charge in [0.2, 0.25) is 10.0 Å². The Morgan fingerprint density at radius 3 is 2.06 bits per heavy atom. The van der Waals surface area contributed by atoms with Crippen molar-refractivity contribution in [3.05, 3.63) is 77.9 Å². The Morgan fingerprint density at radius 1 is 0.853 bits per heavy atom. The Bertz CT molecular complexity index is 1390. The van der Waals surface area contributed by atoms with Gasteiger partial charge in [0.05, 0.1) is 23.4 Å². The zero-order valence-electron chi connectivity index (χ0n) is 18.8. The van der Waals surface area contributed by atoms with E-state index in [1.54, 1.807) is 49.4 Å². The average molecular weight is 504 g/mol. The van der Waals surface area contributed by atoms with Gasteiger partial charge in [0.1, 0.15) is 5.75 Å². The molecular weight excluding hydrogens is 478 g/mol. The molecule has 0 heterocycles. The molecule has 9 nitrogen and oxygen atoms in total. The molecule has 0 aliphatic heterocycles. The second-order valence-corrected chi connectivity index (χ2v) is 10.8. The summed E-state index contributed by atoms with van der Waals surface area (Å²) in [4.78, 5) is 12.7. The van der Waals surface area contributed by atoms with Crippen LogP contribution in [-0.2, 0) is 20.0 Å². The van der Waals surface area contributed by atoms with Crippen LogP contribution >= 0.6 is 0 Å². The smallest absolute Gasteiger partial charge is 0.261 e. The molecule has 0 fully saturated rings. The van der Waals surface area contributed by atoms with Crippen LogP contribution in [0.3, 0.4) is 0 Å². The number of sulfonamides is 2. The fraction of sp³-hybridized carbons (Fsp3) is 0.174. The minimum absolute atomic E-state index is 0.0231. The number of hydrogen-bond acceptors (Lipinski definition) is 6. The Balaban J connectivity index is 1.72. The predicted octanol–water partition coefficient (Wildman–Crippen LogP) is 3.82. The van der Waals surface area contributed by atoms with Crippen molar-refractivity contribution >= 4 is 43.0 Å². The minimum atomic E-state index is -3.83. The summed E-state index contributed by atoms with van der Waals surface area (Å²) in [6.07, 6.45) is 1.03. The van der Waals surface area contributed by atoms with Crippen molar-refractivity contribution in [2.24, 2.45) is 0 Å². The van der Waals surface area contributed by atoms with Gasteiger partial charge in [-0.25, -0.2) is 16.8 Å². The molecule has 3 rings (SSSR count). The summed E-state index contributed by atoms with van der Waals surface area (Å²) in [6, 6.07) is 16.9. The topological polar surface area (TPSA) is 131 Å². The van der Waals surface area contributed by atoms with Crippen LogP contribution in [0.25, 0.3) is 0 Å². The van der Waals surface area contributed by atoms with Gasteiger partial charge in [-0.05, 0) is 80.1 Å². The number of carbonyl (C=O) groups is 1. The highest BCUT2D eigenvalue weighted by Gasteiger charge is 2.16. The summed E-state index contributed by atoms with van der Waals surface area (Å²) in [5.74, 6) is 0.177. The molecule has 0 atom stereocenters. The van der Waals surface area contributed by atoms with Gasteiger partial charge in [-0.2, -0.15) is 0 Å². The molecule has 0 aromatic heterocycles. The number of hydrogen-bond donors (Lipinski definition) is 3. The number of benzene rings is 3. The van der Waals surface area contributed by atoms with Crippen LogP contribution in [0.4, 0.5) is 17.1 Å². The third-order valence-electron chi connectivity index (χ3n) is 4.71. The molecule has 3 aromatic carbocycles. The molecule has 11 heteroatoms. The van der Waals surface area contributed by atoms with Crippen molar-refractivity contribution in [1.29, 1.82) is 0 Å². The van der Waals surface area contributed by atoms with Crippen molar-refractivity contribution in [1.82, 2.24) is 0 Å². The summed E-state index contributed by atoms with van der Waals surface area (Å²) in [5.41, 5.74) is 1.81. The van der Waals surface area contributed by atoms with Gasteiger partial charge in [0.25, 0.3) is 15.9 Å². The molecule has 34 heavy (non-hydrogen) atoms. The van der Waals surface area contributed by atoms with Crippen LogP contribution in [0.1, 0.15) is 22.8 Å². The lowest BCUT2D eigenvalue weighted by atomic mass is 10.1. The lowest BCUT2D eigenvalue weighted by molar-refractivity contribution is 0.102. The molecule has 0 spiro atoms. The zero-order chi connectivity index (χ0) is 24.9. The monoisotopic (exact) mass is 503 g/mol. The lowest BCUT2D eigenvalue weighted by Gasteiger charge is -2.13. The van der Waals surface area contributed by atoms with Gasteiger partial charge in [0, 0.05) is 16.9 Å².